The molecule has 3 rings (SSSR count). The summed E-state index contributed by atoms with van der Waals surface area (Å²) in [4.78, 5) is 38.6. The van der Waals surface area contributed by atoms with Gasteiger partial charge in [0.25, 0.3) is 5.91 Å². The van der Waals surface area contributed by atoms with E-state index in [1.54, 1.807) is 43.3 Å². The largest absolute Gasteiger partial charge is 0.493 e. The molecule has 0 aromatic heterocycles. The van der Waals surface area contributed by atoms with Crippen LogP contribution in [0.2, 0.25) is 0 Å². The number of carbonyl (C=O) groups excluding carboxylic acids is 3. The van der Waals surface area contributed by atoms with Crippen LogP contribution in [0.15, 0.2) is 48.5 Å². The van der Waals surface area contributed by atoms with Crippen LogP contribution < -0.4 is 19.7 Å². The molecule has 0 bridgehead atoms. The van der Waals surface area contributed by atoms with Crippen LogP contribution in [0, 0.1) is 0 Å². The summed E-state index contributed by atoms with van der Waals surface area (Å²) >= 11 is 0. The lowest BCUT2D eigenvalue weighted by molar-refractivity contribution is -0.150. The van der Waals surface area contributed by atoms with Crippen molar-refractivity contribution in [3.05, 3.63) is 54.1 Å². The Hall–Kier alpha value is -3.81. The van der Waals surface area contributed by atoms with E-state index in [0.29, 0.717) is 22.9 Å². The second-order valence-electron chi connectivity index (χ2n) is 7.24. The second-order valence-corrected chi connectivity index (χ2v) is 7.24. The maximum absolute atomic E-state index is 12.9. The smallest absolute Gasteiger partial charge is 0.344 e. The highest BCUT2D eigenvalue weighted by Crippen LogP contribution is 2.31. The number of nitrogens with one attached hydrogen (secondary N) is 1. The number of amides is 2. The summed E-state index contributed by atoms with van der Waals surface area (Å²) in [6, 6.07) is 11.9. The number of fused-ring (bicyclic) bond motifs is 1. The molecule has 2 aromatic carbocycles. The Bertz CT molecular complexity index is 1030. The predicted octanol–water partition coefficient (Wildman–Crippen LogP) is 3.41. The molecule has 2 amide bonds. The maximum Gasteiger partial charge on any atom is 0.344 e. The number of nitrogens with zero attached hydrogens (tertiary/aromatic N) is 1. The lowest BCUT2D eigenvalue weighted by Gasteiger charge is -2.27. The zero-order valence-electron chi connectivity index (χ0n) is 18.3. The van der Waals surface area contributed by atoms with E-state index in [4.69, 9.17) is 14.2 Å². The zero-order chi connectivity index (χ0) is 23.1. The number of allylic oxidation sites excluding steroid dienone is 1. The van der Waals surface area contributed by atoms with Crippen LogP contribution >= 0.6 is 0 Å². The summed E-state index contributed by atoms with van der Waals surface area (Å²) in [5.74, 6) is -0.425. The average Bonchev–Trinajstić information content (AvgIpc) is 2.90. The molecule has 32 heavy (non-hydrogen) atoms. The Balaban J connectivity index is 1.60. The van der Waals surface area contributed by atoms with Crippen LogP contribution in [0.4, 0.5) is 11.4 Å². The van der Waals surface area contributed by atoms with Crippen molar-refractivity contribution >= 4 is 35.2 Å². The van der Waals surface area contributed by atoms with Gasteiger partial charge in [0, 0.05) is 12.5 Å². The highest BCUT2D eigenvalue weighted by molar-refractivity contribution is 6.05. The normalized spacial score (nSPS) is 15.5. The fourth-order valence-corrected chi connectivity index (χ4v) is 3.46. The highest BCUT2D eigenvalue weighted by Gasteiger charge is 2.30. The number of para-hydroxylation sites is 2. The first-order chi connectivity index (χ1) is 15.4. The monoisotopic (exact) mass is 438 g/mol. The number of methoxy groups -OCH3 is 1. The van der Waals surface area contributed by atoms with Gasteiger partial charge in [-0.1, -0.05) is 30.4 Å². The van der Waals surface area contributed by atoms with Crippen molar-refractivity contribution in [3.63, 3.8) is 0 Å². The van der Waals surface area contributed by atoms with Crippen molar-refractivity contribution in [1.29, 1.82) is 0 Å². The quantitative estimate of drug-likeness (QED) is 0.666. The first-order valence-corrected chi connectivity index (χ1v) is 10.2. The van der Waals surface area contributed by atoms with Crippen LogP contribution in [0.1, 0.15) is 25.8 Å². The number of ether oxygens (including phenoxy) is 3. The van der Waals surface area contributed by atoms with Gasteiger partial charge in [0.2, 0.25) is 5.91 Å². The molecule has 8 heteroatoms. The second kappa shape index (κ2) is 10.5. The van der Waals surface area contributed by atoms with Crippen LogP contribution in [0.5, 0.6) is 11.5 Å². The number of anilines is 2. The number of esters is 1. The van der Waals surface area contributed by atoms with Gasteiger partial charge in [-0.2, -0.15) is 0 Å². The Morgan fingerprint density at radius 2 is 1.94 bits per heavy atom. The molecular weight excluding hydrogens is 412 g/mol. The van der Waals surface area contributed by atoms with Gasteiger partial charge in [-0.05, 0) is 43.7 Å². The third-order valence-corrected chi connectivity index (χ3v) is 4.88. The lowest BCUT2D eigenvalue weighted by Crippen LogP contribution is -2.41. The summed E-state index contributed by atoms with van der Waals surface area (Å²) < 4.78 is 15.9. The molecule has 1 aliphatic heterocycles. The van der Waals surface area contributed by atoms with E-state index in [-0.39, 0.29) is 25.0 Å². The molecule has 1 heterocycles. The molecule has 2 aromatic rings. The molecule has 0 aliphatic carbocycles. The van der Waals surface area contributed by atoms with Crippen LogP contribution in [-0.2, 0) is 19.1 Å². The van der Waals surface area contributed by atoms with Crippen LogP contribution in [0.3, 0.4) is 0 Å². The van der Waals surface area contributed by atoms with E-state index in [9.17, 15) is 14.4 Å². The van der Waals surface area contributed by atoms with Crippen molar-refractivity contribution in [2.24, 2.45) is 0 Å². The van der Waals surface area contributed by atoms with Gasteiger partial charge in [0.15, 0.2) is 24.7 Å². The van der Waals surface area contributed by atoms with E-state index in [2.05, 4.69) is 5.32 Å². The molecular formula is C24H26N2O6. The van der Waals surface area contributed by atoms with Gasteiger partial charge < -0.3 is 24.4 Å². The molecule has 8 nitrogen and oxygen atoms in total. The average molecular weight is 438 g/mol. The minimum absolute atomic E-state index is 0.139. The van der Waals surface area contributed by atoms with E-state index in [1.807, 2.05) is 25.1 Å². The third kappa shape index (κ3) is 5.46. The molecule has 1 aliphatic rings. The Morgan fingerprint density at radius 3 is 2.69 bits per heavy atom. The summed E-state index contributed by atoms with van der Waals surface area (Å²) in [6.45, 7) is 2.84. The van der Waals surface area contributed by atoms with Gasteiger partial charge in [0.05, 0.1) is 18.5 Å². The van der Waals surface area contributed by atoms with E-state index < -0.39 is 18.5 Å². The van der Waals surface area contributed by atoms with Crippen LogP contribution in [0.25, 0.3) is 6.08 Å². The molecule has 0 saturated carbocycles. The van der Waals surface area contributed by atoms with Crippen molar-refractivity contribution in [3.8, 4) is 11.5 Å². The van der Waals surface area contributed by atoms with Gasteiger partial charge in [0.1, 0.15) is 0 Å². The molecule has 1 atom stereocenters. The minimum atomic E-state index is -0.692. The molecule has 0 fully saturated rings. The fraction of sp³-hybridized carbons (Fsp3) is 0.292. The maximum atomic E-state index is 12.9. The van der Waals surface area contributed by atoms with Crippen molar-refractivity contribution < 1.29 is 28.6 Å². The topological polar surface area (TPSA) is 94.2 Å². The first kappa shape index (κ1) is 22.9. The van der Waals surface area contributed by atoms with E-state index in [0.717, 1.165) is 5.56 Å². The number of rotatable bonds is 7. The Morgan fingerprint density at radius 1 is 1.16 bits per heavy atom. The predicted molar refractivity (Wildman–Crippen MR) is 121 cm³/mol. The SMILES string of the molecule is C/C=C/c1ccc(OCC(=O)OCC(=O)N2c3ccccc3NC(=O)CC2C)c(OC)c1. The molecule has 1 unspecified atom stereocenters. The number of hydrogen-bond donors (Lipinski definition) is 1. The van der Waals surface area contributed by atoms with E-state index >= 15 is 0 Å². The molecule has 0 spiro atoms. The van der Waals surface area contributed by atoms with Gasteiger partial charge in [-0.25, -0.2) is 4.79 Å². The van der Waals surface area contributed by atoms with E-state index in [1.165, 1.54) is 12.0 Å². The number of hydrogen-bond acceptors (Lipinski definition) is 6. The molecule has 1 N–H and O–H groups in total. The van der Waals surface area contributed by atoms with Crippen molar-refractivity contribution in [2.45, 2.75) is 26.3 Å². The van der Waals surface area contributed by atoms with Gasteiger partial charge >= 0.3 is 5.97 Å². The van der Waals surface area contributed by atoms with Crippen LogP contribution in [-0.4, -0.2) is 44.1 Å². The summed E-state index contributed by atoms with van der Waals surface area (Å²) in [5, 5.41) is 2.79. The minimum Gasteiger partial charge on any atom is -0.493 e. The summed E-state index contributed by atoms with van der Waals surface area (Å²) in [6.07, 6.45) is 3.96. The third-order valence-electron chi connectivity index (χ3n) is 4.88. The van der Waals surface area contributed by atoms with Gasteiger partial charge in [-0.3, -0.25) is 9.59 Å². The standard InChI is InChI=1S/C24H26N2O6/c1-4-7-17-10-11-20(21(13-17)30-3)31-15-24(29)32-14-23(28)26-16(2)12-22(27)25-18-8-5-6-9-19(18)26/h4-11,13,16H,12,14-15H2,1-3H3,(H,25,27)/b7-4+. The highest BCUT2D eigenvalue weighted by atomic mass is 16.6. The number of benzene rings is 2. The van der Waals surface area contributed by atoms with Crippen molar-refractivity contribution in [1.82, 2.24) is 0 Å². The summed E-state index contributed by atoms with van der Waals surface area (Å²) in [5.41, 5.74) is 2.04. The Labute approximate surface area is 186 Å². The number of carbonyl (C=O) groups is 3. The van der Waals surface area contributed by atoms with Crippen molar-refractivity contribution in [2.75, 3.05) is 30.5 Å². The lowest BCUT2D eigenvalue weighted by atomic mass is 10.1. The molecule has 168 valence electrons. The first-order valence-electron chi connectivity index (χ1n) is 10.2. The zero-order valence-corrected chi connectivity index (χ0v) is 18.3. The Kier molecular flexibility index (Phi) is 7.49. The molecule has 0 radical (unpaired) electrons. The summed E-state index contributed by atoms with van der Waals surface area (Å²) in [7, 11) is 1.51. The van der Waals surface area contributed by atoms with Gasteiger partial charge in [-0.15, -0.1) is 0 Å². The fourth-order valence-electron chi connectivity index (χ4n) is 3.46. The molecule has 0 saturated heterocycles.